The molecule has 16 nitrogen and oxygen atoms in total. The molecule has 0 saturated heterocycles. The molecular formula is C50H48N10O6. The molecule has 0 spiro atoms. The molecular weight excluding hydrogens is 837 g/mol. The van der Waals surface area contributed by atoms with Crippen LogP contribution in [0.5, 0.6) is 11.5 Å². The molecule has 0 atom stereocenters. The highest BCUT2D eigenvalue weighted by molar-refractivity contribution is 6.21. The fraction of sp³-hybridized carbons (Fsp3) is 0.120. The second-order valence-corrected chi connectivity index (χ2v) is 14.1. The van der Waals surface area contributed by atoms with Gasteiger partial charge in [-0.2, -0.15) is 9.97 Å². The maximum atomic E-state index is 11.6. The van der Waals surface area contributed by atoms with Gasteiger partial charge >= 0.3 is 0 Å². The van der Waals surface area contributed by atoms with E-state index in [1.165, 1.54) is 7.11 Å². The number of nitrogens with one attached hydrogen (secondary N) is 2. The lowest BCUT2D eigenvalue weighted by Crippen LogP contribution is -2.31. The SMILES string of the molecule is COCN.COCN1C(=O)c2ccccc2C1=O.COc1ccc(-c2cccc3nc(Nc4ccccc4)nn23)cc1.COc1ccc(-c2cccc3nc(Nc4ccccc4)nn23)cc1. The van der Waals surface area contributed by atoms with Crippen LogP contribution in [0.15, 0.2) is 170 Å². The lowest BCUT2D eigenvalue weighted by Gasteiger charge is -2.10. The summed E-state index contributed by atoms with van der Waals surface area (Å²) >= 11 is 0. The van der Waals surface area contributed by atoms with Crippen molar-refractivity contribution >= 4 is 46.4 Å². The number of pyridine rings is 2. The Labute approximate surface area is 381 Å². The molecule has 0 aliphatic carbocycles. The van der Waals surface area contributed by atoms with E-state index < -0.39 is 0 Å². The molecule has 1 aliphatic heterocycles. The van der Waals surface area contributed by atoms with Crippen LogP contribution in [-0.4, -0.2) is 87.8 Å². The topological polar surface area (TPSA) is 185 Å². The Bertz CT molecular complexity index is 2780. The molecule has 16 heteroatoms. The zero-order valence-electron chi connectivity index (χ0n) is 36.7. The van der Waals surface area contributed by atoms with Gasteiger partial charge in [-0.25, -0.2) is 9.03 Å². The molecule has 0 bridgehead atoms. The highest BCUT2D eigenvalue weighted by Crippen LogP contribution is 2.26. The summed E-state index contributed by atoms with van der Waals surface area (Å²) in [5.74, 6) is 2.23. The third-order valence-corrected chi connectivity index (χ3v) is 9.85. The van der Waals surface area contributed by atoms with E-state index in [9.17, 15) is 9.59 Å². The third-order valence-electron chi connectivity index (χ3n) is 9.85. The first-order valence-electron chi connectivity index (χ1n) is 20.6. The summed E-state index contributed by atoms with van der Waals surface area (Å²) in [7, 11) is 6.33. The molecule has 9 aromatic rings. The molecule has 4 aromatic heterocycles. The molecule has 1 aliphatic rings. The Kier molecular flexibility index (Phi) is 15.4. The highest BCUT2D eigenvalue weighted by Gasteiger charge is 2.34. The number of benzene rings is 5. The van der Waals surface area contributed by atoms with Crippen molar-refractivity contribution in [2.24, 2.45) is 5.73 Å². The molecule has 0 fully saturated rings. The number of methoxy groups -OCH3 is 4. The number of carbonyl (C=O) groups is 2. The Morgan fingerprint density at radius 2 is 0.879 bits per heavy atom. The number of rotatable bonds is 11. The number of amides is 2. The normalized spacial score (nSPS) is 11.4. The Morgan fingerprint density at radius 1 is 0.485 bits per heavy atom. The minimum Gasteiger partial charge on any atom is -0.497 e. The number of nitrogens with two attached hydrogens (primary N) is 1. The minimum absolute atomic E-state index is 0.00630. The molecule has 0 radical (unpaired) electrons. The summed E-state index contributed by atoms with van der Waals surface area (Å²) in [5.41, 5.74) is 13.3. The van der Waals surface area contributed by atoms with Gasteiger partial charge < -0.3 is 35.3 Å². The van der Waals surface area contributed by atoms with Crippen molar-refractivity contribution in [3.8, 4) is 34.0 Å². The molecule has 0 unspecified atom stereocenters. The van der Waals surface area contributed by atoms with Crippen LogP contribution >= 0.6 is 0 Å². The molecule has 66 heavy (non-hydrogen) atoms. The molecule has 4 N–H and O–H groups in total. The van der Waals surface area contributed by atoms with E-state index in [-0.39, 0.29) is 18.5 Å². The van der Waals surface area contributed by atoms with Gasteiger partial charge in [-0.1, -0.05) is 60.7 Å². The van der Waals surface area contributed by atoms with Crippen molar-refractivity contribution < 1.29 is 28.5 Å². The van der Waals surface area contributed by atoms with Crippen LogP contribution in [0.3, 0.4) is 0 Å². The van der Waals surface area contributed by atoms with Gasteiger partial charge in [0.25, 0.3) is 11.8 Å². The van der Waals surface area contributed by atoms with Crippen LogP contribution in [0.2, 0.25) is 0 Å². The predicted octanol–water partition coefficient (Wildman–Crippen LogP) is 8.73. The van der Waals surface area contributed by atoms with Gasteiger partial charge in [0.05, 0.1) is 43.5 Å². The van der Waals surface area contributed by atoms with Crippen LogP contribution in [0.25, 0.3) is 33.8 Å². The van der Waals surface area contributed by atoms with Gasteiger partial charge in [-0.05, 0) is 109 Å². The second-order valence-electron chi connectivity index (χ2n) is 14.1. The molecule has 5 aromatic carbocycles. The average molecular weight is 885 g/mol. The van der Waals surface area contributed by atoms with Gasteiger partial charge in [0.15, 0.2) is 11.3 Å². The monoisotopic (exact) mass is 884 g/mol. The van der Waals surface area contributed by atoms with Crippen LogP contribution in [-0.2, 0) is 9.47 Å². The number of hydrogen-bond donors (Lipinski definition) is 3. The number of aromatic nitrogens is 6. The standard InChI is InChI=1S/2C19H16N4O.C10H9NO3.C2H7NO/c2*1-24-16-12-10-14(11-13-16)17-8-5-9-18-21-19(22-23(17)18)20-15-6-3-2-4-7-15;1-14-6-11-9(12)7-4-2-3-5-8(7)10(11)13;1-4-2-3/h2*2-13H,1H3,(H,20,22);2-5H,6H2,1H3;2-3H2,1H3. The first kappa shape index (κ1) is 45.6. The van der Waals surface area contributed by atoms with E-state index in [1.54, 1.807) is 45.6 Å². The van der Waals surface area contributed by atoms with Gasteiger partial charge in [-0.15, -0.1) is 10.2 Å². The summed E-state index contributed by atoms with van der Waals surface area (Å²) in [6.45, 7) is 0.326. The van der Waals surface area contributed by atoms with Gasteiger partial charge in [-0.3, -0.25) is 14.5 Å². The van der Waals surface area contributed by atoms with E-state index >= 15 is 0 Å². The van der Waals surface area contributed by atoms with E-state index in [2.05, 4.69) is 35.5 Å². The summed E-state index contributed by atoms with van der Waals surface area (Å²) in [5, 5.41) is 15.6. The van der Waals surface area contributed by atoms with Crippen LogP contribution in [0.1, 0.15) is 20.7 Å². The quantitative estimate of drug-likeness (QED) is 0.0828. The number of para-hydroxylation sites is 2. The van der Waals surface area contributed by atoms with Crippen LogP contribution < -0.4 is 25.8 Å². The summed E-state index contributed by atoms with van der Waals surface area (Å²) < 4.78 is 23.2. The second kappa shape index (κ2) is 22.3. The van der Waals surface area contributed by atoms with E-state index in [0.717, 1.165) is 61.6 Å². The number of carbonyl (C=O) groups excluding carboxylic acids is 2. The Balaban J connectivity index is 0.000000146. The maximum absolute atomic E-state index is 11.6. The van der Waals surface area contributed by atoms with E-state index in [1.807, 2.05) is 155 Å². The van der Waals surface area contributed by atoms with Crippen molar-refractivity contribution in [3.05, 3.63) is 181 Å². The first-order chi connectivity index (χ1) is 32.3. The van der Waals surface area contributed by atoms with E-state index in [0.29, 0.717) is 29.8 Å². The van der Waals surface area contributed by atoms with Gasteiger partial charge in [0.1, 0.15) is 18.2 Å². The summed E-state index contributed by atoms with van der Waals surface area (Å²) in [4.78, 5) is 33.4. The summed E-state index contributed by atoms with van der Waals surface area (Å²) in [6.07, 6.45) is 0. The minimum atomic E-state index is -0.285. The maximum Gasteiger partial charge on any atom is 0.263 e. The van der Waals surface area contributed by atoms with Crippen molar-refractivity contribution in [1.82, 2.24) is 34.1 Å². The van der Waals surface area contributed by atoms with Gasteiger partial charge in [0, 0.05) is 36.7 Å². The summed E-state index contributed by atoms with van der Waals surface area (Å²) in [6, 6.07) is 54.2. The highest BCUT2D eigenvalue weighted by atomic mass is 16.5. The molecule has 5 heterocycles. The van der Waals surface area contributed by atoms with Crippen molar-refractivity contribution in [2.75, 3.05) is 52.5 Å². The van der Waals surface area contributed by atoms with Crippen molar-refractivity contribution in [1.29, 1.82) is 0 Å². The first-order valence-corrected chi connectivity index (χ1v) is 20.6. The zero-order chi connectivity index (χ0) is 46.3. The fourth-order valence-corrected chi connectivity index (χ4v) is 6.66. The number of hydrogen-bond acceptors (Lipinski definition) is 13. The molecule has 10 rings (SSSR count). The lowest BCUT2D eigenvalue weighted by atomic mass is 10.1. The average Bonchev–Trinajstić information content (AvgIpc) is 4.06. The van der Waals surface area contributed by atoms with Gasteiger partial charge in [0.2, 0.25) is 11.9 Å². The lowest BCUT2D eigenvalue weighted by molar-refractivity contribution is 0.0389. The largest absolute Gasteiger partial charge is 0.497 e. The predicted molar refractivity (Wildman–Crippen MR) is 254 cm³/mol. The zero-order valence-corrected chi connectivity index (χ0v) is 36.7. The molecule has 2 amide bonds. The van der Waals surface area contributed by atoms with Crippen LogP contribution in [0, 0.1) is 0 Å². The van der Waals surface area contributed by atoms with E-state index in [4.69, 9.17) is 19.9 Å². The third kappa shape index (κ3) is 11.0. The molecule has 0 saturated carbocycles. The fourth-order valence-electron chi connectivity index (χ4n) is 6.66. The molecule has 334 valence electrons. The Hall–Kier alpha value is -8.44. The number of fused-ring (bicyclic) bond motifs is 3. The Morgan fingerprint density at radius 3 is 1.24 bits per heavy atom. The number of anilines is 4. The van der Waals surface area contributed by atoms with Crippen LogP contribution in [0.4, 0.5) is 23.3 Å². The number of imide groups is 1. The number of nitrogens with zero attached hydrogens (tertiary/aromatic N) is 7. The smallest absolute Gasteiger partial charge is 0.263 e. The van der Waals surface area contributed by atoms with Crippen molar-refractivity contribution in [3.63, 3.8) is 0 Å². The number of ether oxygens (including phenoxy) is 4. The van der Waals surface area contributed by atoms with Crippen molar-refractivity contribution in [2.45, 2.75) is 0 Å².